The van der Waals surface area contributed by atoms with E-state index in [1.165, 1.54) is 0 Å². The molecule has 1 saturated carbocycles. The Labute approximate surface area is 108 Å². The van der Waals surface area contributed by atoms with E-state index in [1.54, 1.807) is 11.8 Å². The van der Waals surface area contributed by atoms with Crippen LogP contribution in [0.4, 0.5) is 0 Å². The fraction of sp³-hybridized carbons (Fsp3) is 0.857. The second-order valence-corrected chi connectivity index (χ2v) is 6.33. The third kappa shape index (κ3) is 2.52. The van der Waals surface area contributed by atoms with Crippen LogP contribution in [0.5, 0.6) is 0 Å². The van der Waals surface area contributed by atoms with Crippen molar-refractivity contribution in [3.63, 3.8) is 0 Å². The number of aliphatic carboxylic acids is 1. The van der Waals surface area contributed by atoms with Crippen molar-refractivity contribution in [1.82, 2.24) is 4.90 Å². The maximum atomic E-state index is 12.4. The first-order valence-electron chi connectivity index (χ1n) is 6.94. The molecule has 1 saturated heterocycles. The van der Waals surface area contributed by atoms with Gasteiger partial charge >= 0.3 is 5.97 Å². The number of likely N-dealkylation sites (tertiary alicyclic amines) is 1. The summed E-state index contributed by atoms with van der Waals surface area (Å²) >= 11 is 0. The highest BCUT2D eigenvalue weighted by Gasteiger charge is 2.43. The van der Waals surface area contributed by atoms with Gasteiger partial charge in [0, 0.05) is 19.0 Å². The average molecular weight is 253 g/mol. The number of carboxylic acid groups (broad SMARTS) is 1. The Hall–Kier alpha value is -1.06. The van der Waals surface area contributed by atoms with Gasteiger partial charge in [-0.05, 0) is 44.9 Å². The van der Waals surface area contributed by atoms with Crippen LogP contribution >= 0.6 is 0 Å². The van der Waals surface area contributed by atoms with E-state index in [0.29, 0.717) is 19.5 Å². The Balaban J connectivity index is 1.93. The molecule has 1 atom stereocenters. The van der Waals surface area contributed by atoms with Crippen LogP contribution in [-0.4, -0.2) is 35.0 Å². The number of hydrogen-bond donors (Lipinski definition) is 1. The fourth-order valence-electron chi connectivity index (χ4n) is 3.09. The first-order valence-corrected chi connectivity index (χ1v) is 6.94. The van der Waals surface area contributed by atoms with E-state index >= 15 is 0 Å². The quantitative estimate of drug-likeness (QED) is 0.820. The molecule has 4 nitrogen and oxygen atoms in total. The molecule has 102 valence electrons. The SMILES string of the molecule is CC1CCC(C(=O)N2CCC(C)(C(=O)O)C2)CC1. The normalized spacial score (nSPS) is 36.7. The Kier molecular flexibility index (Phi) is 3.64. The molecular formula is C14H23NO3. The predicted octanol–water partition coefficient (Wildman–Crippen LogP) is 2.14. The average Bonchev–Trinajstić information content (AvgIpc) is 2.73. The zero-order valence-corrected chi connectivity index (χ0v) is 11.3. The standard InChI is InChI=1S/C14H23NO3/c1-10-3-5-11(6-4-10)12(16)15-8-7-14(2,9-15)13(17)18/h10-11H,3-9H2,1-2H3,(H,17,18). The van der Waals surface area contributed by atoms with Crippen molar-refractivity contribution in [1.29, 1.82) is 0 Å². The topological polar surface area (TPSA) is 57.6 Å². The molecular weight excluding hydrogens is 230 g/mol. The zero-order valence-electron chi connectivity index (χ0n) is 11.3. The highest BCUT2D eigenvalue weighted by atomic mass is 16.4. The lowest BCUT2D eigenvalue weighted by Crippen LogP contribution is -2.39. The summed E-state index contributed by atoms with van der Waals surface area (Å²) in [4.78, 5) is 25.3. The van der Waals surface area contributed by atoms with Crippen LogP contribution in [0.2, 0.25) is 0 Å². The van der Waals surface area contributed by atoms with Crippen molar-refractivity contribution in [2.45, 2.75) is 46.0 Å². The summed E-state index contributed by atoms with van der Waals surface area (Å²) < 4.78 is 0. The minimum absolute atomic E-state index is 0.136. The number of nitrogens with zero attached hydrogens (tertiary/aromatic N) is 1. The van der Waals surface area contributed by atoms with E-state index in [1.807, 2.05) is 0 Å². The maximum absolute atomic E-state index is 12.4. The molecule has 0 bridgehead atoms. The summed E-state index contributed by atoms with van der Waals surface area (Å²) in [5.74, 6) is 0.274. The highest BCUT2D eigenvalue weighted by molar-refractivity contribution is 5.82. The largest absolute Gasteiger partial charge is 0.481 e. The summed E-state index contributed by atoms with van der Waals surface area (Å²) in [5.41, 5.74) is -0.738. The van der Waals surface area contributed by atoms with Crippen LogP contribution in [-0.2, 0) is 9.59 Å². The van der Waals surface area contributed by atoms with Crippen LogP contribution in [0.15, 0.2) is 0 Å². The lowest BCUT2D eigenvalue weighted by Gasteiger charge is -2.29. The number of amides is 1. The summed E-state index contributed by atoms with van der Waals surface area (Å²) in [7, 11) is 0. The molecule has 1 N–H and O–H groups in total. The molecule has 0 aromatic rings. The number of rotatable bonds is 2. The molecule has 18 heavy (non-hydrogen) atoms. The number of hydrogen-bond acceptors (Lipinski definition) is 2. The molecule has 1 amide bonds. The molecule has 0 aromatic carbocycles. The van der Waals surface area contributed by atoms with Crippen LogP contribution in [0.25, 0.3) is 0 Å². The lowest BCUT2D eigenvalue weighted by atomic mass is 9.82. The van der Waals surface area contributed by atoms with Gasteiger partial charge in [0.2, 0.25) is 5.91 Å². The molecule has 1 heterocycles. The molecule has 2 fully saturated rings. The summed E-state index contributed by atoms with van der Waals surface area (Å²) in [6.45, 7) is 4.96. The Morgan fingerprint density at radius 1 is 1.22 bits per heavy atom. The molecule has 0 aromatic heterocycles. The first kappa shape index (κ1) is 13.4. The number of carbonyl (C=O) groups excluding carboxylic acids is 1. The number of carbonyl (C=O) groups is 2. The van der Waals surface area contributed by atoms with Gasteiger partial charge in [0.1, 0.15) is 0 Å². The Morgan fingerprint density at radius 3 is 2.33 bits per heavy atom. The van der Waals surface area contributed by atoms with Gasteiger partial charge in [-0.2, -0.15) is 0 Å². The molecule has 2 aliphatic rings. The monoisotopic (exact) mass is 253 g/mol. The second kappa shape index (κ2) is 4.90. The van der Waals surface area contributed by atoms with Crippen molar-refractivity contribution < 1.29 is 14.7 Å². The van der Waals surface area contributed by atoms with Crippen molar-refractivity contribution in [3.05, 3.63) is 0 Å². The van der Waals surface area contributed by atoms with Gasteiger partial charge in [0.15, 0.2) is 0 Å². The molecule has 1 unspecified atom stereocenters. The van der Waals surface area contributed by atoms with E-state index in [2.05, 4.69) is 6.92 Å². The lowest BCUT2D eigenvalue weighted by molar-refractivity contribution is -0.147. The summed E-state index contributed by atoms with van der Waals surface area (Å²) in [5, 5.41) is 9.18. The van der Waals surface area contributed by atoms with Gasteiger partial charge in [-0.15, -0.1) is 0 Å². The van der Waals surface area contributed by atoms with Crippen molar-refractivity contribution in [2.75, 3.05) is 13.1 Å². The molecule has 0 radical (unpaired) electrons. The smallest absolute Gasteiger partial charge is 0.311 e. The predicted molar refractivity (Wildman–Crippen MR) is 68.1 cm³/mol. The van der Waals surface area contributed by atoms with Crippen molar-refractivity contribution >= 4 is 11.9 Å². The Morgan fingerprint density at radius 2 is 1.83 bits per heavy atom. The van der Waals surface area contributed by atoms with E-state index < -0.39 is 11.4 Å². The summed E-state index contributed by atoms with van der Waals surface area (Å²) in [6, 6.07) is 0. The first-order chi connectivity index (χ1) is 8.42. The van der Waals surface area contributed by atoms with E-state index in [-0.39, 0.29) is 11.8 Å². The van der Waals surface area contributed by atoms with Gasteiger partial charge < -0.3 is 10.0 Å². The third-order valence-electron chi connectivity index (χ3n) is 4.67. The van der Waals surface area contributed by atoms with Crippen molar-refractivity contribution in [3.8, 4) is 0 Å². The van der Waals surface area contributed by atoms with Crippen LogP contribution < -0.4 is 0 Å². The van der Waals surface area contributed by atoms with Gasteiger partial charge in [0.25, 0.3) is 0 Å². The van der Waals surface area contributed by atoms with Crippen LogP contribution in [0, 0.1) is 17.3 Å². The molecule has 1 aliphatic heterocycles. The van der Waals surface area contributed by atoms with E-state index in [9.17, 15) is 14.7 Å². The highest BCUT2D eigenvalue weighted by Crippen LogP contribution is 2.34. The van der Waals surface area contributed by atoms with E-state index in [0.717, 1.165) is 31.6 Å². The van der Waals surface area contributed by atoms with E-state index in [4.69, 9.17) is 0 Å². The van der Waals surface area contributed by atoms with Gasteiger partial charge in [-0.1, -0.05) is 6.92 Å². The minimum atomic E-state index is -0.782. The second-order valence-electron chi connectivity index (χ2n) is 6.33. The van der Waals surface area contributed by atoms with Crippen molar-refractivity contribution in [2.24, 2.45) is 17.3 Å². The molecule has 1 aliphatic carbocycles. The zero-order chi connectivity index (χ0) is 13.3. The van der Waals surface area contributed by atoms with Crippen LogP contribution in [0.1, 0.15) is 46.0 Å². The van der Waals surface area contributed by atoms with Gasteiger partial charge in [-0.3, -0.25) is 9.59 Å². The number of carboxylic acids is 1. The molecule has 4 heteroatoms. The van der Waals surface area contributed by atoms with Gasteiger partial charge in [0.05, 0.1) is 5.41 Å². The molecule has 2 rings (SSSR count). The third-order valence-corrected chi connectivity index (χ3v) is 4.67. The van der Waals surface area contributed by atoms with Crippen LogP contribution in [0.3, 0.4) is 0 Å². The van der Waals surface area contributed by atoms with Gasteiger partial charge in [-0.25, -0.2) is 0 Å². The fourth-order valence-corrected chi connectivity index (χ4v) is 3.09. The Bertz CT molecular complexity index is 347. The minimum Gasteiger partial charge on any atom is -0.481 e. The summed E-state index contributed by atoms with van der Waals surface area (Å²) in [6.07, 6.45) is 4.78. The maximum Gasteiger partial charge on any atom is 0.311 e. The molecule has 0 spiro atoms.